The van der Waals surface area contributed by atoms with Crippen LogP contribution in [-0.2, 0) is 17.8 Å². The van der Waals surface area contributed by atoms with Crippen LogP contribution in [0.5, 0.6) is 11.5 Å². The number of aryl methyl sites for hydroxylation is 1. The van der Waals surface area contributed by atoms with Crippen molar-refractivity contribution in [2.24, 2.45) is 0 Å². The lowest BCUT2D eigenvalue weighted by Crippen LogP contribution is -2.24. The third-order valence-electron chi connectivity index (χ3n) is 3.46. The predicted molar refractivity (Wildman–Crippen MR) is 77.0 cm³/mol. The largest absolute Gasteiger partial charge is 0.489 e. The van der Waals surface area contributed by atoms with Crippen LogP contribution in [0.15, 0.2) is 48.5 Å². The van der Waals surface area contributed by atoms with Crippen LogP contribution in [0.3, 0.4) is 0 Å². The van der Waals surface area contributed by atoms with Crippen LogP contribution < -0.4 is 9.47 Å². The maximum Gasteiger partial charge on any atom is 0.199 e. The van der Waals surface area contributed by atoms with Crippen molar-refractivity contribution in [3.05, 3.63) is 59.7 Å². The molecule has 0 aromatic heterocycles. The molecule has 2 aromatic carbocycles. The highest BCUT2D eigenvalue weighted by Crippen LogP contribution is 2.31. The zero-order chi connectivity index (χ0) is 13.8. The molecule has 1 atom stereocenters. The fourth-order valence-electron chi connectivity index (χ4n) is 2.32. The van der Waals surface area contributed by atoms with E-state index < -0.39 is 0 Å². The van der Waals surface area contributed by atoms with E-state index in [0.717, 1.165) is 29.9 Å². The molecule has 3 heteroatoms. The molecule has 1 aliphatic heterocycles. The average Bonchev–Trinajstić information content (AvgIpc) is 2.53. The van der Waals surface area contributed by atoms with Crippen molar-refractivity contribution in [3.8, 4) is 11.5 Å². The molecule has 0 N–H and O–H groups in total. The summed E-state index contributed by atoms with van der Waals surface area (Å²) in [5.41, 5.74) is 2.37. The fraction of sp³-hybridized carbons (Fsp3) is 0.294. The Morgan fingerprint density at radius 1 is 1.15 bits per heavy atom. The monoisotopic (exact) mass is 270 g/mol. The molecular formula is C17H18O3. The van der Waals surface area contributed by atoms with E-state index in [-0.39, 0.29) is 6.29 Å². The SMILES string of the molecule is COC1CCc2ccc(OCc3ccccc3)cc2O1. The first-order chi connectivity index (χ1) is 9.85. The third kappa shape index (κ3) is 2.94. The Kier molecular flexibility index (Phi) is 3.88. The van der Waals surface area contributed by atoms with Crippen LogP contribution in [0.2, 0.25) is 0 Å². The van der Waals surface area contributed by atoms with Gasteiger partial charge in [0, 0.05) is 19.6 Å². The van der Waals surface area contributed by atoms with Crippen molar-refractivity contribution >= 4 is 0 Å². The molecule has 0 amide bonds. The van der Waals surface area contributed by atoms with Gasteiger partial charge in [-0.1, -0.05) is 36.4 Å². The van der Waals surface area contributed by atoms with Gasteiger partial charge in [-0.05, 0) is 23.6 Å². The van der Waals surface area contributed by atoms with Crippen LogP contribution in [0.1, 0.15) is 17.5 Å². The molecule has 2 aromatic rings. The number of hydrogen-bond acceptors (Lipinski definition) is 3. The van der Waals surface area contributed by atoms with Gasteiger partial charge in [0.2, 0.25) is 0 Å². The van der Waals surface area contributed by atoms with Gasteiger partial charge in [0.1, 0.15) is 18.1 Å². The second-order valence-electron chi connectivity index (χ2n) is 4.87. The first-order valence-electron chi connectivity index (χ1n) is 6.84. The summed E-state index contributed by atoms with van der Waals surface area (Å²) in [5.74, 6) is 1.69. The summed E-state index contributed by atoms with van der Waals surface area (Å²) < 4.78 is 16.8. The summed E-state index contributed by atoms with van der Waals surface area (Å²) in [6.45, 7) is 0.563. The average molecular weight is 270 g/mol. The van der Waals surface area contributed by atoms with E-state index in [2.05, 4.69) is 18.2 Å². The molecule has 0 radical (unpaired) electrons. The molecule has 3 rings (SSSR count). The summed E-state index contributed by atoms with van der Waals surface area (Å²) in [6.07, 6.45) is 1.73. The first-order valence-corrected chi connectivity index (χ1v) is 6.84. The zero-order valence-electron chi connectivity index (χ0n) is 11.5. The smallest absolute Gasteiger partial charge is 0.199 e. The van der Waals surface area contributed by atoms with Crippen molar-refractivity contribution in [1.29, 1.82) is 0 Å². The van der Waals surface area contributed by atoms with Crippen molar-refractivity contribution in [1.82, 2.24) is 0 Å². The number of benzene rings is 2. The lowest BCUT2D eigenvalue weighted by atomic mass is 10.1. The summed E-state index contributed by atoms with van der Waals surface area (Å²) in [4.78, 5) is 0. The van der Waals surface area contributed by atoms with E-state index >= 15 is 0 Å². The number of methoxy groups -OCH3 is 1. The van der Waals surface area contributed by atoms with E-state index in [1.54, 1.807) is 7.11 Å². The van der Waals surface area contributed by atoms with Crippen molar-refractivity contribution in [3.63, 3.8) is 0 Å². The van der Waals surface area contributed by atoms with Gasteiger partial charge in [-0.15, -0.1) is 0 Å². The Morgan fingerprint density at radius 3 is 2.80 bits per heavy atom. The van der Waals surface area contributed by atoms with Crippen LogP contribution in [-0.4, -0.2) is 13.4 Å². The first kappa shape index (κ1) is 13.0. The minimum absolute atomic E-state index is 0.146. The van der Waals surface area contributed by atoms with Gasteiger partial charge in [-0.2, -0.15) is 0 Å². The molecule has 0 bridgehead atoms. The minimum Gasteiger partial charge on any atom is -0.489 e. The van der Waals surface area contributed by atoms with Gasteiger partial charge in [0.25, 0.3) is 0 Å². The maximum absolute atomic E-state index is 5.81. The number of rotatable bonds is 4. The van der Waals surface area contributed by atoms with Crippen LogP contribution in [0.4, 0.5) is 0 Å². The molecule has 0 spiro atoms. The summed E-state index contributed by atoms with van der Waals surface area (Å²) in [5, 5.41) is 0. The zero-order valence-corrected chi connectivity index (χ0v) is 11.5. The molecule has 0 saturated heterocycles. The Balaban J connectivity index is 1.69. The highest BCUT2D eigenvalue weighted by Gasteiger charge is 2.19. The predicted octanol–water partition coefficient (Wildman–Crippen LogP) is 3.56. The number of hydrogen-bond donors (Lipinski definition) is 0. The highest BCUT2D eigenvalue weighted by atomic mass is 16.7. The van der Waals surface area contributed by atoms with Gasteiger partial charge in [-0.25, -0.2) is 0 Å². The van der Waals surface area contributed by atoms with Gasteiger partial charge >= 0.3 is 0 Å². The third-order valence-corrected chi connectivity index (χ3v) is 3.46. The molecule has 0 saturated carbocycles. The topological polar surface area (TPSA) is 27.7 Å². The molecule has 104 valence electrons. The quantitative estimate of drug-likeness (QED) is 0.850. The maximum atomic E-state index is 5.81. The summed E-state index contributed by atoms with van der Waals surface area (Å²) in [7, 11) is 1.67. The second kappa shape index (κ2) is 5.97. The molecule has 1 heterocycles. The van der Waals surface area contributed by atoms with E-state index in [0.29, 0.717) is 6.61 Å². The molecule has 1 aliphatic rings. The van der Waals surface area contributed by atoms with Gasteiger partial charge in [0.15, 0.2) is 6.29 Å². The van der Waals surface area contributed by atoms with Crippen molar-refractivity contribution in [2.45, 2.75) is 25.7 Å². The van der Waals surface area contributed by atoms with E-state index in [9.17, 15) is 0 Å². The lowest BCUT2D eigenvalue weighted by molar-refractivity contribution is -0.0654. The molecule has 1 unspecified atom stereocenters. The molecule has 0 aliphatic carbocycles. The van der Waals surface area contributed by atoms with E-state index in [1.807, 2.05) is 30.3 Å². The van der Waals surface area contributed by atoms with E-state index in [1.165, 1.54) is 5.56 Å². The molecular weight excluding hydrogens is 252 g/mol. The molecule has 0 fully saturated rings. The Labute approximate surface area is 119 Å². The molecule has 20 heavy (non-hydrogen) atoms. The lowest BCUT2D eigenvalue weighted by Gasteiger charge is -2.25. The van der Waals surface area contributed by atoms with Crippen LogP contribution in [0, 0.1) is 0 Å². The summed E-state index contributed by atoms with van der Waals surface area (Å²) >= 11 is 0. The normalized spacial score (nSPS) is 17.1. The van der Waals surface area contributed by atoms with Gasteiger partial charge < -0.3 is 14.2 Å². The Hall–Kier alpha value is -2.00. The standard InChI is InChI=1S/C17H18O3/c1-18-17-10-8-14-7-9-15(11-16(14)20-17)19-12-13-5-3-2-4-6-13/h2-7,9,11,17H,8,10,12H2,1H3. The molecule has 3 nitrogen and oxygen atoms in total. The Bertz CT molecular complexity index is 566. The van der Waals surface area contributed by atoms with E-state index in [4.69, 9.17) is 14.2 Å². The minimum atomic E-state index is -0.146. The van der Waals surface area contributed by atoms with Crippen molar-refractivity contribution < 1.29 is 14.2 Å². The van der Waals surface area contributed by atoms with Gasteiger partial charge in [-0.3, -0.25) is 0 Å². The number of ether oxygens (including phenoxy) is 3. The number of fused-ring (bicyclic) bond motifs is 1. The summed E-state index contributed by atoms with van der Waals surface area (Å²) in [6, 6.07) is 16.1. The Morgan fingerprint density at radius 2 is 2.00 bits per heavy atom. The second-order valence-corrected chi connectivity index (χ2v) is 4.87. The van der Waals surface area contributed by atoms with Crippen LogP contribution in [0.25, 0.3) is 0 Å². The highest BCUT2D eigenvalue weighted by molar-refractivity contribution is 5.42. The van der Waals surface area contributed by atoms with Crippen molar-refractivity contribution in [2.75, 3.05) is 7.11 Å². The van der Waals surface area contributed by atoms with Gasteiger partial charge in [0.05, 0.1) is 0 Å². The van der Waals surface area contributed by atoms with Crippen LogP contribution >= 0.6 is 0 Å². The fourth-order valence-corrected chi connectivity index (χ4v) is 2.32.